The lowest BCUT2D eigenvalue weighted by Gasteiger charge is -2.05. The Morgan fingerprint density at radius 3 is 2.60 bits per heavy atom. The van der Waals surface area contributed by atoms with Crippen molar-refractivity contribution in [3.05, 3.63) is 38.8 Å². The van der Waals surface area contributed by atoms with E-state index < -0.39 is 0 Å². The van der Waals surface area contributed by atoms with Gasteiger partial charge < -0.3 is 5.11 Å². The van der Waals surface area contributed by atoms with Gasteiger partial charge in [-0.3, -0.25) is 0 Å². The summed E-state index contributed by atoms with van der Waals surface area (Å²) in [6.07, 6.45) is 0. The van der Waals surface area contributed by atoms with Crippen LogP contribution < -0.4 is 0 Å². The normalized spacial score (nSPS) is 10.2. The molecule has 0 aliphatic heterocycles. The first-order valence-electron chi connectivity index (χ1n) is 6.22. The highest BCUT2D eigenvalue weighted by Gasteiger charge is 2.06. The van der Waals surface area contributed by atoms with E-state index in [1.165, 1.54) is 4.88 Å². The molecule has 0 unspecified atom stereocenters. The van der Waals surface area contributed by atoms with Crippen LogP contribution in [0.2, 0.25) is 0 Å². The molecule has 1 N–H and O–H groups in total. The van der Waals surface area contributed by atoms with E-state index in [-0.39, 0.29) is 6.61 Å². The third-order valence-electron chi connectivity index (χ3n) is 2.92. The van der Waals surface area contributed by atoms with Crippen LogP contribution >= 0.6 is 23.1 Å². The van der Waals surface area contributed by atoms with Crippen molar-refractivity contribution >= 4 is 23.1 Å². The summed E-state index contributed by atoms with van der Waals surface area (Å²) >= 11 is 3.31. The second-order valence-corrected chi connectivity index (χ2v) is 6.29. The third kappa shape index (κ3) is 3.83. The number of thioether (sulfide) groups is 1. The predicted molar refractivity (Wildman–Crippen MR) is 84.1 cm³/mol. The number of nitrogens with zero attached hydrogens (tertiary/aromatic N) is 2. The summed E-state index contributed by atoms with van der Waals surface area (Å²) in [5, 5.41) is 11.5. The molecule has 0 fully saturated rings. The molecule has 2 heterocycles. The van der Waals surface area contributed by atoms with Gasteiger partial charge in [-0.1, -0.05) is 23.6 Å². The van der Waals surface area contributed by atoms with E-state index in [1.807, 2.05) is 32.2 Å². The molecule has 0 bridgehead atoms. The Morgan fingerprint density at radius 2 is 1.95 bits per heavy atom. The highest BCUT2D eigenvalue weighted by atomic mass is 32.2. The summed E-state index contributed by atoms with van der Waals surface area (Å²) in [6, 6.07) is 2.05. The van der Waals surface area contributed by atoms with Crippen LogP contribution in [-0.4, -0.2) is 21.7 Å². The Labute approximate surface area is 127 Å². The van der Waals surface area contributed by atoms with Gasteiger partial charge in [0.1, 0.15) is 6.61 Å². The van der Waals surface area contributed by atoms with Gasteiger partial charge in [-0.15, -0.1) is 11.3 Å². The SMILES string of the molecule is Cc1nc(SCc2cc(C#CCO)cs2)nc(C)c1C. The first-order chi connectivity index (χ1) is 9.60. The first kappa shape index (κ1) is 15.0. The summed E-state index contributed by atoms with van der Waals surface area (Å²) in [6.45, 7) is 5.98. The molecule has 104 valence electrons. The molecule has 0 spiro atoms. The molecule has 0 aliphatic rings. The minimum Gasteiger partial charge on any atom is -0.384 e. The number of aryl methyl sites for hydroxylation is 2. The second kappa shape index (κ2) is 6.89. The molecule has 5 heteroatoms. The predicted octanol–water partition coefficient (Wildman–Crippen LogP) is 3.10. The van der Waals surface area contributed by atoms with Gasteiger partial charge in [-0.2, -0.15) is 0 Å². The Kier molecular flexibility index (Phi) is 5.18. The van der Waals surface area contributed by atoms with Gasteiger partial charge in [0, 0.05) is 33.0 Å². The molecule has 20 heavy (non-hydrogen) atoms. The number of aliphatic hydroxyl groups is 1. The highest BCUT2D eigenvalue weighted by molar-refractivity contribution is 7.98. The summed E-state index contributed by atoms with van der Waals surface area (Å²) in [7, 11) is 0. The molecule has 0 saturated heterocycles. The molecule has 0 saturated carbocycles. The highest BCUT2D eigenvalue weighted by Crippen LogP contribution is 2.25. The Bertz CT molecular complexity index is 645. The molecule has 3 nitrogen and oxygen atoms in total. The number of thiophene rings is 1. The molecule has 0 aromatic carbocycles. The zero-order valence-electron chi connectivity index (χ0n) is 11.7. The van der Waals surface area contributed by atoms with Crippen molar-refractivity contribution in [2.24, 2.45) is 0 Å². The first-order valence-corrected chi connectivity index (χ1v) is 8.08. The maximum absolute atomic E-state index is 8.67. The lowest BCUT2D eigenvalue weighted by Crippen LogP contribution is -1.97. The lowest BCUT2D eigenvalue weighted by molar-refractivity contribution is 0.350. The summed E-state index contributed by atoms with van der Waals surface area (Å²) < 4.78 is 0. The van der Waals surface area contributed by atoms with Crippen LogP contribution in [-0.2, 0) is 5.75 Å². The van der Waals surface area contributed by atoms with Crippen molar-refractivity contribution < 1.29 is 5.11 Å². The Morgan fingerprint density at radius 1 is 1.25 bits per heavy atom. The van der Waals surface area contributed by atoms with Crippen molar-refractivity contribution in [1.82, 2.24) is 9.97 Å². The smallest absolute Gasteiger partial charge is 0.188 e. The molecule has 0 atom stereocenters. The van der Waals surface area contributed by atoms with Gasteiger partial charge in [0.15, 0.2) is 5.16 Å². The molecular formula is C15H16N2OS2. The minimum absolute atomic E-state index is 0.101. The molecule has 2 aromatic rings. The van der Waals surface area contributed by atoms with Crippen molar-refractivity contribution in [3.63, 3.8) is 0 Å². The zero-order chi connectivity index (χ0) is 14.5. The quantitative estimate of drug-likeness (QED) is 0.538. The van der Waals surface area contributed by atoms with Gasteiger partial charge in [-0.25, -0.2) is 9.97 Å². The maximum atomic E-state index is 8.67. The van der Waals surface area contributed by atoms with Crippen LogP contribution in [0.25, 0.3) is 0 Å². The van der Waals surface area contributed by atoms with Gasteiger partial charge >= 0.3 is 0 Å². The van der Waals surface area contributed by atoms with E-state index >= 15 is 0 Å². The largest absolute Gasteiger partial charge is 0.384 e. The number of rotatable bonds is 3. The van der Waals surface area contributed by atoms with Gasteiger partial charge in [0.05, 0.1) is 0 Å². The number of aromatic nitrogens is 2. The maximum Gasteiger partial charge on any atom is 0.188 e. The fraction of sp³-hybridized carbons (Fsp3) is 0.333. The molecule has 2 rings (SSSR count). The van der Waals surface area contributed by atoms with E-state index in [2.05, 4.69) is 21.8 Å². The van der Waals surface area contributed by atoms with Crippen LogP contribution in [0, 0.1) is 32.6 Å². The number of hydrogen-bond acceptors (Lipinski definition) is 5. The molecular weight excluding hydrogens is 288 g/mol. The fourth-order valence-corrected chi connectivity index (χ4v) is 3.41. The van der Waals surface area contributed by atoms with Crippen LogP contribution in [0.1, 0.15) is 27.4 Å². The monoisotopic (exact) mass is 304 g/mol. The number of aliphatic hydroxyl groups excluding tert-OH is 1. The van der Waals surface area contributed by atoms with Gasteiger partial charge in [0.2, 0.25) is 0 Å². The molecule has 0 radical (unpaired) electrons. The molecule has 0 aliphatic carbocycles. The van der Waals surface area contributed by atoms with Crippen molar-refractivity contribution in [3.8, 4) is 11.8 Å². The molecule has 2 aromatic heterocycles. The van der Waals surface area contributed by atoms with E-state index in [9.17, 15) is 0 Å². The second-order valence-electron chi connectivity index (χ2n) is 4.35. The Hall–Kier alpha value is -1.35. The average molecular weight is 304 g/mol. The van der Waals surface area contributed by atoms with E-state index in [0.29, 0.717) is 0 Å². The standard InChI is InChI=1S/C15H16N2OS2/c1-10-11(2)16-15(17-12(10)3)20-9-14-7-13(8-19-14)5-4-6-18/h7-8,18H,6,9H2,1-3H3. The topological polar surface area (TPSA) is 46.0 Å². The van der Waals surface area contributed by atoms with E-state index in [0.717, 1.165) is 33.4 Å². The van der Waals surface area contributed by atoms with Crippen molar-refractivity contribution in [2.75, 3.05) is 6.61 Å². The summed E-state index contributed by atoms with van der Waals surface area (Å²) in [5.41, 5.74) is 4.20. The van der Waals surface area contributed by atoms with E-state index in [1.54, 1.807) is 23.1 Å². The van der Waals surface area contributed by atoms with Crippen LogP contribution in [0.3, 0.4) is 0 Å². The number of hydrogen-bond donors (Lipinski definition) is 1. The van der Waals surface area contributed by atoms with Crippen LogP contribution in [0.5, 0.6) is 0 Å². The average Bonchev–Trinajstić information content (AvgIpc) is 2.88. The van der Waals surface area contributed by atoms with Crippen molar-refractivity contribution in [1.29, 1.82) is 0 Å². The summed E-state index contributed by atoms with van der Waals surface area (Å²) in [4.78, 5) is 10.2. The lowest BCUT2D eigenvalue weighted by atomic mass is 10.2. The van der Waals surface area contributed by atoms with Crippen molar-refractivity contribution in [2.45, 2.75) is 31.7 Å². The zero-order valence-corrected chi connectivity index (χ0v) is 13.4. The van der Waals surface area contributed by atoms with E-state index in [4.69, 9.17) is 5.11 Å². The van der Waals surface area contributed by atoms with Gasteiger partial charge in [0.25, 0.3) is 0 Å². The fourth-order valence-electron chi connectivity index (χ4n) is 1.61. The van der Waals surface area contributed by atoms with Crippen LogP contribution in [0.4, 0.5) is 0 Å². The molecule has 0 amide bonds. The third-order valence-corrected chi connectivity index (χ3v) is 4.94. The van der Waals surface area contributed by atoms with Gasteiger partial charge in [-0.05, 0) is 32.4 Å². The summed E-state index contributed by atoms with van der Waals surface area (Å²) in [5.74, 6) is 6.40. The van der Waals surface area contributed by atoms with Crippen LogP contribution in [0.15, 0.2) is 16.6 Å². The minimum atomic E-state index is -0.101. The Balaban J connectivity index is 2.03.